The molecule has 0 amide bonds. The summed E-state index contributed by atoms with van der Waals surface area (Å²) < 4.78 is 5.47. The van der Waals surface area contributed by atoms with Crippen molar-refractivity contribution in [3.63, 3.8) is 0 Å². The predicted molar refractivity (Wildman–Crippen MR) is 94.9 cm³/mol. The number of allylic oxidation sites excluding steroid dienone is 2. The van der Waals surface area contributed by atoms with Crippen LogP contribution in [0.25, 0.3) is 0 Å². The molecule has 1 aliphatic carbocycles. The Morgan fingerprint density at radius 2 is 1.77 bits per heavy atom. The average Bonchev–Trinajstić information content (AvgIpc) is 2.56. The van der Waals surface area contributed by atoms with Crippen molar-refractivity contribution in [2.45, 2.75) is 52.1 Å². The van der Waals surface area contributed by atoms with Gasteiger partial charge in [0.2, 0.25) is 0 Å². The smallest absolute Gasteiger partial charge is 0.0721 e. The second kappa shape index (κ2) is 9.63. The molecule has 1 aliphatic rings. The van der Waals surface area contributed by atoms with Gasteiger partial charge in [0.15, 0.2) is 0 Å². The van der Waals surface area contributed by atoms with Gasteiger partial charge in [0.25, 0.3) is 0 Å². The van der Waals surface area contributed by atoms with Crippen LogP contribution in [-0.4, -0.2) is 6.61 Å². The fourth-order valence-electron chi connectivity index (χ4n) is 3.37. The van der Waals surface area contributed by atoms with E-state index in [9.17, 15) is 0 Å². The molecule has 1 heteroatoms. The van der Waals surface area contributed by atoms with E-state index in [0.29, 0.717) is 13.2 Å². The van der Waals surface area contributed by atoms with Crippen LogP contribution in [-0.2, 0) is 17.8 Å². The maximum Gasteiger partial charge on any atom is 0.0721 e. The van der Waals surface area contributed by atoms with Crippen molar-refractivity contribution in [2.24, 2.45) is 11.8 Å². The van der Waals surface area contributed by atoms with Gasteiger partial charge in [-0.2, -0.15) is 0 Å². The summed E-state index contributed by atoms with van der Waals surface area (Å²) in [6, 6.07) is 8.92. The van der Waals surface area contributed by atoms with E-state index >= 15 is 0 Å². The average molecular weight is 298 g/mol. The molecule has 2 rings (SSSR count). The molecule has 0 unspecified atom stereocenters. The van der Waals surface area contributed by atoms with Crippen LogP contribution in [0.15, 0.2) is 49.1 Å². The summed E-state index contributed by atoms with van der Waals surface area (Å²) in [6.07, 6.45) is 14.5. The van der Waals surface area contributed by atoms with E-state index in [1.54, 1.807) is 6.08 Å². The van der Waals surface area contributed by atoms with Gasteiger partial charge in [-0.15, -0.1) is 6.58 Å². The monoisotopic (exact) mass is 298 g/mol. The predicted octanol–water partition coefficient (Wildman–Crippen LogP) is 5.70. The fraction of sp³-hybridized carbons (Fsp3) is 0.524. The molecule has 0 radical (unpaired) electrons. The number of ether oxygens (including phenoxy) is 1. The minimum absolute atomic E-state index is 0.623. The van der Waals surface area contributed by atoms with E-state index in [-0.39, 0.29) is 0 Å². The largest absolute Gasteiger partial charge is 0.373 e. The van der Waals surface area contributed by atoms with Crippen LogP contribution in [0.3, 0.4) is 0 Å². The van der Waals surface area contributed by atoms with Crippen molar-refractivity contribution in [1.82, 2.24) is 0 Å². The van der Waals surface area contributed by atoms with Crippen molar-refractivity contribution in [1.29, 1.82) is 0 Å². The fourth-order valence-corrected chi connectivity index (χ4v) is 3.37. The van der Waals surface area contributed by atoms with Crippen molar-refractivity contribution < 1.29 is 4.74 Å². The lowest BCUT2D eigenvalue weighted by Crippen LogP contribution is -2.13. The second-order valence-corrected chi connectivity index (χ2v) is 6.47. The van der Waals surface area contributed by atoms with Gasteiger partial charge >= 0.3 is 0 Å². The highest BCUT2D eigenvalue weighted by Crippen LogP contribution is 2.32. The van der Waals surface area contributed by atoms with E-state index in [4.69, 9.17) is 4.74 Å². The highest BCUT2D eigenvalue weighted by molar-refractivity contribution is 5.22. The van der Waals surface area contributed by atoms with Gasteiger partial charge in [-0.1, -0.05) is 42.5 Å². The van der Waals surface area contributed by atoms with Gasteiger partial charge in [0.05, 0.1) is 13.2 Å². The standard InChI is InChI=1S/C21H30O/c1-3-5-18-6-8-19(9-7-18)10-11-20-12-14-21(15-13-20)17-22-16-4-2/h3-5,12-15,18-19H,2,6-11,16-17H2,1H3/b5-3-. The molecule has 0 N–H and O–H groups in total. The SMILES string of the molecule is C=CCOCc1ccc(CCC2CCC(/C=C\C)CC2)cc1. The molecule has 1 saturated carbocycles. The van der Waals surface area contributed by atoms with Gasteiger partial charge in [-0.25, -0.2) is 0 Å². The molecule has 1 aromatic carbocycles. The highest BCUT2D eigenvalue weighted by atomic mass is 16.5. The maximum absolute atomic E-state index is 5.47. The molecule has 0 spiro atoms. The third kappa shape index (κ3) is 5.81. The Kier molecular flexibility index (Phi) is 7.45. The third-order valence-electron chi connectivity index (χ3n) is 4.72. The van der Waals surface area contributed by atoms with E-state index in [1.165, 1.54) is 49.7 Å². The van der Waals surface area contributed by atoms with Crippen LogP contribution in [0.4, 0.5) is 0 Å². The summed E-state index contributed by atoms with van der Waals surface area (Å²) in [5.74, 6) is 1.77. The lowest BCUT2D eigenvalue weighted by Gasteiger charge is -2.26. The first-order chi connectivity index (χ1) is 10.8. The van der Waals surface area contributed by atoms with Crippen LogP contribution in [0.1, 0.15) is 50.2 Å². The number of hydrogen-bond acceptors (Lipinski definition) is 1. The number of aryl methyl sites for hydroxylation is 1. The number of benzene rings is 1. The zero-order valence-corrected chi connectivity index (χ0v) is 14.0. The molecule has 120 valence electrons. The lowest BCUT2D eigenvalue weighted by molar-refractivity contribution is 0.149. The van der Waals surface area contributed by atoms with E-state index < -0.39 is 0 Å². The van der Waals surface area contributed by atoms with Gasteiger partial charge < -0.3 is 4.74 Å². The Morgan fingerprint density at radius 3 is 2.41 bits per heavy atom. The van der Waals surface area contributed by atoms with E-state index in [1.807, 2.05) is 0 Å². The molecule has 1 fully saturated rings. The minimum atomic E-state index is 0.623. The molecule has 0 aliphatic heterocycles. The summed E-state index contributed by atoms with van der Waals surface area (Å²) in [5.41, 5.74) is 2.71. The first-order valence-electron chi connectivity index (χ1n) is 8.71. The quantitative estimate of drug-likeness (QED) is 0.441. The first kappa shape index (κ1) is 17.0. The lowest BCUT2D eigenvalue weighted by atomic mass is 9.79. The van der Waals surface area contributed by atoms with E-state index in [0.717, 1.165) is 11.8 Å². The van der Waals surface area contributed by atoms with Crippen LogP contribution in [0.2, 0.25) is 0 Å². The molecule has 22 heavy (non-hydrogen) atoms. The van der Waals surface area contributed by atoms with Gasteiger partial charge in [0.1, 0.15) is 0 Å². The number of rotatable bonds is 8. The molecular weight excluding hydrogens is 268 g/mol. The molecule has 0 aromatic heterocycles. The Balaban J connectivity index is 1.70. The van der Waals surface area contributed by atoms with Crippen LogP contribution in [0, 0.1) is 11.8 Å². The molecule has 1 nitrogen and oxygen atoms in total. The van der Waals surface area contributed by atoms with Gasteiger partial charge in [-0.3, -0.25) is 0 Å². The molecule has 0 heterocycles. The Labute approximate surface area is 136 Å². The number of hydrogen-bond donors (Lipinski definition) is 0. The van der Waals surface area contributed by atoms with E-state index in [2.05, 4.69) is 49.9 Å². The van der Waals surface area contributed by atoms with Crippen molar-refractivity contribution in [3.8, 4) is 0 Å². The molecular formula is C21H30O. The third-order valence-corrected chi connectivity index (χ3v) is 4.72. The normalized spacial score (nSPS) is 22.0. The highest BCUT2D eigenvalue weighted by Gasteiger charge is 2.18. The van der Waals surface area contributed by atoms with Gasteiger partial charge in [0, 0.05) is 0 Å². The van der Waals surface area contributed by atoms with Crippen LogP contribution >= 0.6 is 0 Å². The molecule has 1 aromatic rings. The zero-order valence-electron chi connectivity index (χ0n) is 14.0. The zero-order chi connectivity index (χ0) is 15.6. The minimum Gasteiger partial charge on any atom is -0.373 e. The summed E-state index contributed by atoms with van der Waals surface area (Å²) in [7, 11) is 0. The van der Waals surface area contributed by atoms with Crippen molar-refractivity contribution in [2.75, 3.05) is 6.61 Å². The van der Waals surface area contributed by atoms with Crippen molar-refractivity contribution >= 4 is 0 Å². The Bertz CT molecular complexity index is 449. The molecule has 0 atom stereocenters. The summed E-state index contributed by atoms with van der Waals surface area (Å²) >= 11 is 0. The summed E-state index contributed by atoms with van der Waals surface area (Å²) in [6.45, 7) is 7.10. The molecule has 0 saturated heterocycles. The summed E-state index contributed by atoms with van der Waals surface area (Å²) in [4.78, 5) is 0. The Morgan fingerprint density at radius 1 is 1.09 bits per heavy atom. The first-order valence-corrected chi connectivity index (χ1v) is 8.71. The second-order valence-electron chi connectivity index (χ2n) is 6.47. The van der Waals surface area contributed by atoms with Crippen molar-refractivity contribution in [3.05, 3.63) is 60.2 Å². The van der Waals surface area contributed by atoms with Crippen LogP contribution < -0.4 is 0 Å². The topological polar surface area (TPSA) is 9.23 Å². The maximum atomic E-state index is 5.47. The molecule has 0 bridgehead atoms. The van der Waals surface area contributed by atoms with Crippen LogP contribution in [0.5, 0.6) is 0 Å². The van der Waals surface area contributed by atoms with Gasteiger partial charge in [-0.05, 0) is 68.4 Å². The Hall–Kier alpha value is -1.34. The summed E-state index contributed by atoms with van der Waals surface area (Å²) in [5, 5.41) is 0.